The molecule has 3 atom stereocenters. The van der Waals surface area contributed by atoms with Gasteiger partial charge in [-0.05, 0) is 39.3 Å². The molecule has 1 heterocycles. The van der Waals surface area contributed by atoms with E-state index in [0.717, 1.165) is 6.04 Å². The first kappa shape index (κ1) is 9.44. The van der Waals surface area contributed by atoms with Crippen molar-refractivity contribution < 1.29 is 0 Å². The van der Waals surface area contributed by atoms with Crippen molar-refractivity contribution >= 4 is 0 Å². The van der Waals surface area contributed by atoms with Crippen molar-refractivity contribution in [2.75, 3.05) is 20.1 Å². The largest absolute Gasteiger partial charge is 0.328 e. The van der Waals surface area contributed by atoms with Crippen molar-refractivity contribution in [2.45, 2.75) is 43.8 Å². The SMILES string of the molecule is CN1CCC(NC2CCC(N)C2)C1. The van der Waals surface area contributed by atoms with Crippen LogP contribution >= 0.6 is 0 Å². The Kier molecular flexibility index (Phi) is 2.86. The Labute approximate surface area is 80.7 Å². The standard InChI is InChI=1S/C10H21N3/c1-13-5-4-10(7-13)12-9-3-2-8(11)6-9/h8-10,12H,2-7,11H2,1H3. The molecule has 3 nitrogen and oxygen atoms in total. The Morgan fingerprint density at radius 1 is 1.23 bits per heavy atom. The predicted octanol–water partition coefficient (Wildman–Crippen LogP) is 0.160. The lowest BCUT2D eigenvalue weighted by Gasteiger charge is -2.18. The first-order valence-corrected chi connectivity index (χ1v) is 5.44. The number of hydrogen-bond acceptors (Lipinski definition) is 3. The first-order chi connectivity index (χ1) is 6.24. The Balaban J connectivity index is 1.72. The third-order valence-corrected chi connectivity index (χ3v) is 3.34. The van der Waals surface area contributed by atoms with E-state index in [2.05, 4.69) is 17.3 Å². The van der Waals surface area contributed by atoms with Crippen LogP contribution in [0.1, 0.15) is 25.7 Å². The summed E-state index contributed by atoms with van der Waals surface area (Å²) >= 11 is 0. The zero-order valence-corrected chi connectivity index (χ0v) is 8.50. The summed E-state index contributed by atoms with van der Waals surface area (Å²) in [7, 11) is 2.20. The fraction of sp³-hybridized carbons (Fsp3) is 1.00. The van der Waals surface area contributed by atoms with Gasteiger partial charge >= 0.3 is 0 Å². The lowest BCUT2D eigenvalue weighted by molar-refractivity contribution is 0.380. The van der Waals surface area contributed by atoms with E-state index in [-0.39, 0.29) is 0 Å². The van der Waals surface area contributed by atoms with E-state index < -0.39 is 0 Å². The molecule has 3 unspecified atom stereocenters. The predicted molar refractivity (Wildman–Crippen MR) is 54.7 cm³/mol. The molecule has 2 aliphatic rings. The lowest BCUT2D eigenvalue weighted by Crippen LogP contribution is -2.39. The van der Waals surface area contributed by atoms with Gasteiger partial charge in [0.25, 0.3) is 0 Å². The number of likely N-dealkylation sites (tertiary alicyclic amines) is 1. The van der Waals surface area contributed by atoms with Crippen molar-refractivity contribution in [1.82, 2.24) is 10.2 Å². The summed E-state index contributed by atoms with van der Waals surface area (Å²) in [5.74, 6) is 0. The summed E-state index contributed by atoms with van der Waals surface area (Å²) in [4.78, 5) is 2.40. The van der Waals surface area contributed by atoms with Crippen LogP contribution in [0.4, 0.5) is 0 Å². The molecule has 0 amide bonds. The van der Waals surface area contributed by atoms with Crippen LogP contribution < -0.4 is 11.1 Å². The maximum absolute atomic E-state index is 5.88. The third-order valence-electron chi connectivity index (χ3n) is 3.34. The molecule has 76 valence electrons. The van der Waals surface area contributed by atoms with E-state index in [1.54, 1.807) is 0 Å². The average Bonchev–Trinajstić information content (AvgIpc) is 2.62. The number of rotatable bonds is 2. The molecule has 0 spiro atoms. The minimum absolute atomic E-state index is 0.455. The van der Waals surface area contributed by atoms with E-state index in [0.29, 0.717) is 12.1 Å². The molecule has 1 saturated carbocycles. The summed E-state index contributed by atoms with van der Waals surface area (Å²) in [6.45, 7) is 2.46. The number of nitrogens with two attached hydrogens (primary N) is 1. The molecule has 0 radical (unpaired) electrons. The fourth-order valence-electron chi connectivity index (χ4n) is 2.57. The van der Waals surface area contributed by atoms with Crippen LogP contribution in [0.25, 0.3) is 0 Å². The number of nitrogens with one attached hydrogen (secondary N) is 1. The zero-order chi connectivity index (χ0) is 9.26. The van der Waals surface area contributed by atoms with Crippen LogP contribution in [0, 0.1) is 0 Å². The van der Waals surface area contributed by atoms with Crippen molar-refractivity contribution in [3.63, 3.8) is 0 Å². The molecule has 3 heteroatoms. The van der Waals surface area contributed by atoms with Gasteiger partial charge in [0.15, 0.2) is 0 Å². The minimum atomic E-state index is 0.455. The highest BCUT2D eigenvalue weighted by molar-refractivity contribution is 4.88. The van der Waals surface area contributed by atoms with Gasteiger partial charge in [-0.1, -0.05) is 0 Å². The van der Waals surface area contributed by atoms with Crippen LogP contribution in [0.3, 0.4) is 0 Å². The van der Waals surface area contributed by atoms with Crippen molar-refractivity contribution in [2.24, 2.45) is 5.73 Å². The van der Waals surface area contributed by atoms with Crippen LogP contribution in [0.5, 0.6) is 0 Å². The fourth-order valence-corrected chi connectivity index (χ4v) is 2.57. The first-order valence-electron chi connectivity index (χ1n) is 5.44. The Bertz CT molecular complexity index is 154. The molecular weight excluding hydrogens is 162 g/mol. The van der Waals surface area contributed by atoms with E-state index in [1.807, 2.05) is 0 Å². The maximum Gasteiger partial charge on any atom is 0.0209 e. The summed E-state index contributed by atoms with van der Waals surface area (Å²) < 4.78 is 0. The van der Waals surface area contributed by atoms with E-state index in [1.165, 1.54) is 38.8 Å². The maximum atomic E-state index is 5.88. The molecule has 3 N–H and O–H groups in total. The average molecular weight is 183 g/mol. The van der Waals surface area contributed by atoms with Gasteiger partial charge < -0.3 is 16.0 Å². The summed E-state index contributed by atoms with van der Waals surface area (Å²) in [5, 5.41) is 3.72. The van der Waals surface area contributed by atoms with Crippen molar-refractivity contribution in [1.29, 1.82) is 0 Å². The van der Waals surface area contributed by atoms with E-state index >= 15 is 0 Å². The Morgan fingerprint density at radius 2 is 2.08 bits per heavy atom. The van der Waals surface area contributed by atoms with Gasteiger partial charge in [-0.3, -0.25) is 0 Å². The van der Waals surface area contributed by atoms with Gasteiger partial charge in [0.05, 0.1) is 0 Å². The Hall–Kier alpha value is -0.120. The molecule has 0 bridgehead atoms. The van der Waals surface area contributed by atoms with Gasteiger partial charge in [-0.2, -0.15) is 0 Å². The zero-order valence-electron chi connectivity index (χ0n) is 8.50. The molecule has 13 heavy (non-hydrogen) atoms. The van der Waals surface area contributed by atoms with Crippen molar-refractivity contribution in [3.05, 3.63) is 0 Å². The van der Waals surface area contributed by atoms with Gasteiger partial charge in [-0.25, -0.2) is 0 Å². The molecule has 2 fully saturated rings. The highest BCUT2D eigenvalue weighted by atomic mass is 15.2. The topological polar surface area (TPSA) is 41.3 Å². The summed E-state index contributed by atoms with van der Waals surface area (Å²) in [5.41, 5.74) is 5.88. The number of hydrogen-bond donors (Lipinski definition) is 2. The molecular formula is C10H21N3. The summed E-state index contributed by atoms with van der Waals surface area (Å²) in [6, 6.07) is 1.88. The monoisotopic (exact) mass is 183 g/mol. The molecule has 1 aliphatic carbocycles. The molecule has 1 saturated heterocycles. The number of nitrogens with zero attached hydrogens (tertiary/aromatic N) is 1. The van der Waals surface area contributed by atoms with E-state index in [4.69, 9.17) is 5.73 Å². The van der Waals surface area contributed by atoms with Crippen LogP contribution in [0.2, 0.25) is 0 Å². The van der Waals surface area contributed by atoms with Gasteiger partial charge in [0.2, 0.25) is 0 Å². The number of likely N-dealkylation sites (N-methyl/N-ethyl adjacent to an activating group) is 1. The normalized spacial score (nSPS) is 41.5. The van der Waals surface area contributed by atoms with Crippen LogP contribution in [-0.2, 0) is 0 Å². The second-order valence-corrected chi connectivity index (χ2v) is 4.68. The van der Waals surface area contributed by atoms with Gasteiger partial charge in [-0.15, -0.1) is 0 Å². The third kappa shape index (κ3) is 2.42. The van der Waals surface area contributed by atoms with Crippen LogP contribution in [-0.4, -0.2) is 43.2 Å². The lowest BCUT2D eigenvalue weighted by atomic mass is 10.2. The van der Waals surface area contributed by atoms with Crippen molar-refractivity contribution in [3.8, 4) is 0 Å². The van der Waals surface area contributed by atoms with Gasteiger partial charge in [0, 0.05) is 24.7 Å². The molecule has 2 rings (SSSR count). The molecule has 0 aromatic rings. The Morgan fingerprint density at radius 3 is 2.62 bits per heavy atom. The van der Waals surface area contributed by atoms with E-state index in [9.17, 15) is 0 Å². The minimum Gasteiger partial charge on any atom is -0.328 e. The quantitative estimate of drug-likeness (QED) is 0.641. The molecule has 0 aromatic heterocycles. The highest BCUT2D eigenvalue weighted by Gasteiger charge is 2.26. The highest BCUT2D eigenvalue weighted by Crippen LogP contribution is 2.19. The molecule has 0 aromatic carbocycles. The second kappa shape index (κ2) is 3.95. The second-order valence-electron chi connectivity index (χ2n) is 4.68. The van der Waals surface area contributed by atoms with Crippen LogP contribution in [0.15, 0.2) is 0 Å². The summed E-state index contributed by atoms with van der Waals surface area (Å²) in [6.07, 6.45) is 4.98. The van der Waals surface area contributed by atoms with Gasteiger partial charge in [0.1, 0.15) is 0 Å². The molecule has 1 aliphatic heterocycles. The smallest absolute Gasteiger partial charge is 0.0209 e.